The van der Waals surface area contributed by atoms with Crippen molar-refractivity contribution in [2.45, 2.75) is 33.4 Å². The normalized spacial score (nSPS) is 14.2. The third kappa shape index (κ3) is 4.91. The van der Waals surface area contributed by atoms with E-state index in [1.165, 1.54) is 4.90 Å². The molecule has 0 saturated carbocycles. The predicted octanol–water partition coefficient (Wildman–Crippen LogP) is 4.37. The maximum atomic E-state index is 13.4. The molecule has 0 unspecified atom stereocenters. The molecule has 0 radical (unpaired) electrons. The molecule has 3 rings (SSSR count). The van der Waals surface area contributed by atoms with Gasteiger partial charge in [0.05, 0.1) is 24.8 Å². The van der Waals surface area contributed by atoms with Gasteiger partial charge in [-0.15, -0.1) is 0 Å². The third-order valence-corrected chi connectivity index (χ3v) is 5.21. The fourth-order valence-corrected chi connectivity index (χ4v) is 3.59. The number of rotatable bonds is 9. The molecule has 1 heterocycles. The van der Waals surface area contributed by atoms with Crippen molar-refractivity contribution in [3.63, 3.8) is 0 Å². The number of benzene rings is 2. The number of nitrogens with zero attached hydrogens (tertiary/aromatic N) is 2. The number of likely N-dealkylation sites (N-methyl/N-ethyl adjacent to an activating group) is 1. The monoisotopic (exact) mass is 426 g/mol. The van der Waals surface area contributed by atoms with E-state index in [0.717, 1.165) is 5.56 Å². The summed E-state index contributed by atoms with van der Waals surface area (Å²) < 4.78 is 5.58. The molecule has 0 spiro atoms. The van der Waals surface area contributed by atoms with E-state index in [0.29, 0.717) is 41.6 Å². The highest BCUT2D eigenvalue weighted by molar-refractivity contribution is 6.36. The standard InChI is InChI=1S/C24H27ClN2O3/c1-4-26(16-18-8-6-5-7-9-18)22-21(19-10-12-20(25)13-11-19)23(28)27(24(22)29)14-15-30-17(2)3/h5-13,17H,4,14-16H2,1-3H3. The van der Waals surface area contributed by atoms with Gasteiger partial charge in [0.25, 0.3) is 11.8 Å². The van der Waals surface area contributed by atoms with Crippen molar-refractivity contribution in [2.24, 2.45) is 0 Å². The number of carbonyl (C=O) groups is 2. The minimum Gasteiger partial charge on any atom is -0.377 e. The van der Waals surface area contributed by atoms with Gasteiger partial charge in [-0.2, -0.15) is 0 Å². The zero-order valence-corrected chi connectivity index (χ0v) is 18.4. The van der Waals surface area contributed by atoms with Crippen LogP contribution in [0.2, 0.25) is 5.02 Å². The fourth-order valence-electron chi connectivity index (χ4n) is 3.47. The lowest BCUT2D eigenvalue weighted by molar-refractivity contribution is -0.138. The van der Waals surface area contributed by atoms with E-state index in [-0.39, 0.29) is 24.5 Å². The minimum absolute atomic E-state index is 0.0335. The van der Waals surface area contributed by atoms with Gasteiger partial charge in [-0.1, -0.05) is 54.1 Å². The average Bonchev–Trinajstić information content (AvgIpc) is 2.98. The van der Waals surface area contributed by atoms with E-state index in [1.807, 2.05) is 56.0 Å². The molecule has 2 aromatic rings. The SMILES string of the molecule is CCN(Cc1ccccc1)C1=C(c2ccc(Cl)cc2)C(=O)N(CCOC(C)C)C1=O. The first kappa shape index (κ1) is 22.1. The Morgan fingerprint density at radius 2 is 1.67 bits per heavy atom. The van der Waals surface area contributed by atoms with E-state index >= 15 is 0 Å². The number of hydrogen-bond donors (Lipinski definition) is 0. The molecule has 30 heavy (non-hydrogen) atoms. The molecule has 0 bridgehead atoms. The van der Waals surface area contributed by atoms with Crippen molar-refractivity contribution < 1.29 is 14.3 Å². The van der Waals surface area contributed by atoms with E-state index in [2.05, 4.69) is 0 Å². The number of hydrogen-bond acceptors (Lipinski definition) is 4. The smallest absolute Gasteiger partial charge is 0.277 e. The van der Waals surface area contributed by atoms with E-state index in [1.54, 1.807) is 24.3 Å². The molecule has 0 atom stereocenters. The lowest BCUT2D eigenvalue weighted by Gasteiger charge is -2.25. The van der Waals surface area contributed by atoms with Crippen LogP contribution in [0.25, 0.3) is 5.57 Å². The maximum absolute atomic E-state index is 13.4. The molecule has 0 saturated heterocycles. The molecule has 1 aliphatic heterocycles. The highest BCUT2D eigenvalue weighted by atomic mass is 35.5. The second-order valence-corrected chi connectivity index (χ2v) is 7.85. The molecule has 6 heteroatoms. The molecule has 2 amide bonds. The van der Waals surface area contributed by atoms with Crippen molar-refractivity contribution in [3.8, 4) is 0 Å². The lowest BCUT2D eigenvalue weighted by atomic mass is 10.0. The number of amides is 2. The maximum Gasteiger partial charge on any atom is 0.277 e. The van der Waals surface area contributed by atoms with Gasteiger partial charge in [-0.25, -0.2) is 0 Å². The highest BCUT2D eigenvalue weighted by Crippen LogP contribution is 2.33. The fraction of sp³-hybridized carbons (Fsp3) is 0.333. The number of imide groups is 1. The summed E-state index contributed by atoms with van der Waals surface area (Å²) in [4.78, 5) is 29.9. The molecule has 1 aliphatic rings. The van der Waals surface area contributed by atoms with Gasteiger partial charge in [0.2, 0.25) is 0 Å². The topological polar surface area (TPSA) is 49.9 Å². The zero-order valence-electron chi connectivity index (χ0n) is 17.6. The van der Waals surface area contributed by atoms with Crippen LogP contribution in [-0.4, -0.2) is 47.4 Å². The molecular weight excluding hydrogens is 400 g/mol. The molecule has 158 valence electrons. The van der Waals surface area contributed by atoms with Crippen LogP contribution in [0.4, 0.5) is 0 Å². The Kier molecular flexibility index (Phi) is 7.29. The Balaban J connectivity index is 1.98. The minimum atomic E-state index is -0.295. The molecule has 0 fully saturated rings. The Bertz CT molecular complexity index is 923. The van der Waals surface area contributed by atoms with Gasteiger partial charge in [0.15, 0.2) is 0 Å². The van der Waals surface area contributed by atoms with Crippen LogP contribution in [0.3, 0.4) is 0 Å². The van der Waals surface area contributed by atoms with Crippen LogP contribution in [0, 0.1) is 0 Å². The summed E-state index contributed by atoms with van der Waals surface area (Å²) >= 11 is 6.04. The second kappa shape index (κ2) is 9.92. The first-order chi connectivity index (χ1) is 14.4. The van der Waals surface area contributed by atoms with Gasteiger partial charge < -0.3 is 9.64 Å². The van der Waals surface area contributed by atoms with Crippen molar-refractivity contribution in [1.82, 2.24) is 9.80 Å². The molecule has 0 aliphatic carbocycles. The van der Waals surface area contributed by atoms with E-state index in [4.69, 9.17) is 16.3 Å². The summed E-state index contributed by atoms with van der Waals surface area (Å²) in [6.45, 7) is 7.50. The molecule has 2 aromatic carbocycles. The number of halogens is 1. The summed E-state index contributed by atoms with van der Waals surface area (Å²) in [5.41, 5.74) is 2.60. The van der Waals surface area contributed by atoms with Crippen LogP contribution in [0.1, 0.15) is 31.9 Å². The van der Waals surface area contributed by atoms with Gasteiger partial charge in [-0.05, 0) is 44.0 Å². The van der Waals surface area contributed by atoms with Gasteiger partial charge in [0, 0.05) is 18.1 Å². The van der Waals surface area contributed by atoms with Crippen molar-refractivity contribution in [1.29, 1.82) is 0 Å². The molecule has 0 aromatic heterocycles. The zero-order chi connectivity index (χ0) is 21.7. The molecular formula is C24H27ClN2O3. The summed E-state index contributed by atoms with van der Waals surface area (Å²) in [6.07, 6.45) is 0.0335. The highest BCUT2D eigenvalue weighted by Gasteiger charge is 2.41. The quantitative estimate of drug-likeness (QED) is 0.559. The van der Waals surface area contributed by atoms with Crippen molar-refractivity contribution >= 4 is 29.0 Å². The summed E-state index contributed by atoms with van der Waals surface area (Å²) in [5.74, 6) is -0.578. The summed E-state index contributed by atoms with van der Waals surface area (Å²) in [5, 5.41) is 0.580. The van der Waals surface area contributed by atoms with Gasteiger partial charge in [-0.3, -0.25) is 14.5 Å². The van der Waals surface area contributed by atoms with Crippen LogP contribution in [0.5, 0.6) is 0 Å². The van der Waals surface area contributed by atoms with Crippen LogP contribution < -0.4 is 0 Å². The Morgan fingerprint density at radius 1 is 1.00 bits per heavy atom. The number of carbonyl (C=O) groups excluding carboxylic acids is 2. The van der Waals surface area contributed by atoms with Gasteiger partial charge >= 0.3 is 0 Å². The summed E-state index contributed by atoms with van der Waals surface area (Å²) in [6, 6.07) is 17.0. The van der Waals surface area contributed by atoms with Crippen molar-refractivity contribution in [3.05, 3.63) is 76.4 Å². The Labute approximate surface area is 182 Å². The Morgan fingerprint density at radius 3 is 2.27 bits per heavy atom. The Hall–Kier alpha value is -2.63. The van der Waals surface area contributed by atoms with E-state index in [9.17, 15) is 9.59 Å². The molecule has 0 N–H and O–H groups in total. The summed E-state index contributed by atoms with van der Waals surface area (Å²) in [7, 11) is 0. The molecule has 5 nitrogen and oxygen atoms in total. The lowest BCUT2D eigenvalue weighted by Crippen LogP contribution is -2.37. The third-order valence-electron chi connectivity index (χ3n) is 4.96. The van der Waals surface area contributed by atoms with E-state index < -0.39 is 0 Å². The van der Waals surface area contributed by atoms with Crippen LogP contribution in [-0.2, 0) is 20.9 Å². The van der Waals surface area contributed by atoms with Crippen LogP contribution >= 0.6 is 11.6 Å². The number of ether oxygens (including phenoxy) is 1. The average molecular weight is 427 g/mol. The van der Waals surface area contributed by atoms with Gasteiger partial charge in [0.1, 0.15) is 5.70 Å². The first-order valence-corrected chi connectivity index (χ1v) is 10.6. The first-order valence-electron chi connectivity index (χ1n) is 10.2. The van der Waals surface area contributed by atoms with Crippen molar-refractivity contribution in [2.75, 3.05) is 19.7 Å². The van der Waals surface area contributed by atoms with Crippen LogP contribution in [0.15, 0.2) is 60.3 Å². The largest absolute Gasteiger partial charge is 0.377 e. The predicted molar refractivity (Wildman–Crippen MR) is 119 cm³/mol. The second-order valence-electron chi connectivity index (χ2n) is 7.41.